The summed E-state index contributed by atoms with van der Waals surface area (Å²) in [6, 6.07) is 13.0. The molecule has 0 bridgehead atoms. The zero-order valence-electron chi connectivity index (χ0n) is 12.9. The van der Waals surface area contributed by atoms with Crippen LogP contribution >= 0.6 is 11.8 Å². The minimum atomic E-state index is -4.34. The second-order valence-electron chi connectivity index (χ2n) is 5.28. The lowest BCUT2D eigenvalue weighted by molar-refractivity contribution is -0.0328. The number of carbonyl (C=O) groups excluding carboxylic acids is 1. The zero-order chi connectivity index (χ0) is 17.9. The van der Waals surface area contributed by atoms with Crippen molar-refractivity contribution in [3.05, 3.63) is 59.9 Å². The van der Waals surface area contributed by atoms with Crippen LogP contribution in [0.4, 0.5) is 13.2 Å². The van der Waals surface area contributed by atoms with Gasteiger partial charge in [-0.1, -0.05) is 12.1 Å². The van der Waals surface area contributed by atoms with Crippen LogP contribution in [0.2, 0.25) is 0 Å². The molecule has 0 unspecified atom stereocenters. The number of hydrogen-bond donors (Lipinski definition) is 2. The Kier molecular flexibility index (Phi) is 4.98. The van der Waals surface area contributed by atoms with Crippen LogP contribution in [0.1, 0.15) is 16.2 Å². The fourth-order valence-electron chi connectivity index (χ4n) is 2.33. The SMILES string of the molecule is O=C(NCCc1nc2ccccc2[nH]1)c1ccc(SC(F)(F)F)cc1. The second-order valence-corrected chi connectivity index (χ2v) is 6.42. The molecule has 0 aliphatic heterocycles. The first kappa shape index (κ1) is 17.3. The highest BCUT2D eigenvalue weighted by atomic mass is 32.2. The monoisotopic (exact) mass is 365 g/mol. The third-order valence-electron chi connectivity index (χ3n) is 3.44. The number of benzene rings is 2. The van der Waals surface area contributed by atoms with Gasteiger partial charge in [-0.3, -0.25) is 4.79 Å². The molecule has 0 radical (unpaired) electrons. The molecule has 3 rings (SSSR count). The Morgan fingerprint density at radius 2 is 1.84 bits per heavy atom. The van der Waals surface area contributed by atoms with Gasteiger partial charge >= 0.3 is 5.51 Å². The summed E-state index contributed by atoms with van der Waals surface area (Å²) in [5.74, 6) is 0.429. The number of nitrogens with one attached hydrogen (secondary N) is 2. The predicted octanol–water partition coefficient (Wildman–Crippen LogP) is 4.15. The predicted molar refractivity (Wildman–Crippen MR) is 90.5 cm³/mol. The maximum Gasteiger partial charge on any atom is 0.446 e. The van der Waals surface area contributed by atoms with Gasteiger partial charge < -0.3 is 10.3 Å². The number of rotatable bonds is 5. The topological polar surface area (TPSA) is 57.8 Å². The minimum absolute atomic E-state index is 0.0475. The molecule has 130 valence electrons. The molecule has 1 amide bonds. The van der Waals surface area contributed by atoms with Crippen molar-refractivity contribution in [2.75, 3.05) is 6.54 Å². The van der Waals surface area contributed by atoms with Crippen molar-refractivity contribution in [1.29, 1.82) is 0 Å². The van der Waals surface area contributed by atoms with Gasteiger partial charge in [0.15, 0.2) is 0 Å². The number of thioether (sulfide) groups is 1. The summed E-state index contributed by atoms with van der Waals surface area (Å²) in [5.41, 5.74) is -2.23. The van der Waals surface area contributed by atoms with Gasteiger partial charge in [0.1, 0.15) is 5.82 Å². The lowest BCUT2D eigenvalue weighted by Crippen LogP contribution is -2.25. The van der Waals surface area contributed by atoms with Gasteiger partial charge in [0, 0.05) is 23.4 Å². The summed E-state index contributed by atoms with van der Waals surface area (Å²) in [4.78, 5) is 19.7. The van der Waals surface area contributed by atoms with Crippen LogP contribution in [-0.4, -0.2) is 27.9 Å². The Morgan fingerprint density at radius 3 is 2.52 bits per heavy atom. The number of H-pyrrole nitrogens is 1. The number of halogens is 3. The van der Waals surface area contributed by atoms with E-state index < -0.39 is 5.51 Å². The van der Waals surface area contributed by atoms with E-state index in [1.165, 1.54) is 24.3 Å². The highest BCUT2D eigenvalue weighted by Gasteiger charge is 2.29. The fraction of sp³-hybridized carbons (Fsp3) is 0.176. The first-order chi connectivity index (χ1) is 11.9. The third-order valence-corrected chi connectivity index (χ3v) is 4.18. The summed E-state index contributed by atoms with van der Waals surface area (Å²) >= 11 is -0.206. The van der Waals surface area contributed by atoms with Crippen LogP contribution in [-0.2, 0) is 6.42 Å². The van der Waals surface area contributed by atoms with Gasteiger partial charge in [-0.15, -0.1) is 0 Å². The summed E-state index contributed by atoms with van der Waals surface area (Å²) < 4.78 is 36.8. The molecule has 3 aromatic rings. The Bertz CT molecular complexity index is 842. The molecule has 25 heavy (non-hydrogen) atoms. The first-order valence-corrected chi connectivity index (χ1v) is 8.30. The van der Waals surface area contributed by atoms with Crippen molar-refractivity contribution >= 4 is 28.7 Å². The largest absolute Gasteiger partial charge is 0.446 e. The van der Waals surface area contributed by atoms with Crippen molar-refractivity contribution in [1.82, 2.24) is 15.3 Å². The molecule has 0 spiro atoms. The Hall–Kier alpha value is -2.48. The fourth-order valence-corrected chi connectivity index (χ4v) is 2.87. The quantitative estimate of drug-likeness (QED) is 0.668. The summed E-state index contributed by atoms with van der Waals surface area (Å²) in [6.45, 7) is 0.373. The first-order valence-electron chi connectivity index (χ1n) is 7.48. The molecule has 0 aliphatic carbocycles. The van der Waals surface area contributed by atoms with Crippen LogP contribution in [0.15, 0.2) is 53.4 Å². The smallest absolute Gasteiger partial charge is 0.352 e. The number of alkyl halides is 3. The van der Waals surface area contributed by atoms with Crippen molar-refractivity contribution in [3.63, 3.8) is 0 Å². The molecular weight excluding hydrogens is 351 g/mol. The van der Waals surface area contributed by atoms with E-state index in [1.807, 2.05) is 24.3 Å². The van der Waals surface area contributed by atoms with Gasteiger partial charge in [-0.2, -0.15) is 13.2 Å². The molecule has 8 heteroatoms. The van der Waals surface area contributed by atoms with Gasteiger partial charge in [-0.25, -0.2) is 4.98 Å². The second kappa shape index (κ2) is 7.18. The highest BCUT2D eigenvalue weighted by molar-refractivity contribution is 8.00. The molecule has 0 fully saturated rings. The van der Waals surface area contributed by atoms with Gasteiger partial charge in [-0.05, 0) is 48.2 Å². The molecule has 2 aromatic carbocycles. The average Bonchev–Trinajstić information content (AvgIpc) is 2.96. The average molecular weight is 365 g/mol. The van der Waals surface area contributed by atoms with Crippen LogP contribution in [0.25, 0.3) is 11.0 Å². The number of imidazole rings is 1. The van der Waals surface area contributed by atoms with E-state index in [-0.39, 0.29) is 22.6 Å². The van der Waals surface area contributed by atoms with Crippen LogP contribution in [0, 0.1) is 0 Å². The molecule has 0 saturated heterocycles. The van der Waals surface area contributed by atoms with Crippen LogP contribution < -0.4 is 5.32 Å². The van der Waals surface area contributed by atoms with Crippen LogP contribution in [0.3, 0.4) is 0 Å². The lowest BCUT2D eigenvalue weighted by atomic mass is 10.2. The standard InChI is InChI=1S/C17H14F3N3OS/c18-17(19,20)25-12-7-5-11(6-8-12)16(24)21-10-9-15-22-13-3-1-2-4-14(13)23-15/h1-8H,9-10H2,(H,21,24)(H,22,23). The summed E-state index contributed by atoms with van der Waals surface area (Å²) in [5, 5.41) is 2.73. The van der Waals surface area contributed by atoms with E-state index in [4.69, 9.17) is 0 Å². The zero-order valence-corrected chi connectivity index (χ0v) is 13.7. The Morgan fingerprint density at radius 1 is 1.12 bits per heavy atom. The van der Waals surface area contributed by atoms with E-state index >= 15 is 0 Å². The molecule has 0 atom stereocenters. The molecule has 1 heterocycles. The van der Waals surface area contributed by atoms with Crippen molar-refractivity contribution in [3.8, 4) is 0 Å². The Balaban J connectivity index is 1.53. The van der Waals surface area contributed by atoms with E-state index in [2.05, 4.69) is 15.3 Å². The van der Waals surface area contributed by atoms with Crippen LogP contribution in [0.5, 0.6) is 0 Å². The van der Waals surface area contributed by atoms with Crippen molar-refractivity contribution < 1.29 is 18.0 Å². The number of aromatic amines is 1. The number of nitrogens with zero attached hydrogens (tertiary/aromatic N) is 1. The number of para-hydroxylation sites is 2. The van der Waals surface area contributed by atoms with E-state index in [1.54, 1.807) is 0 Å². The lowest BCUT2D eigenvalue weighted by Gasteiger charge is -2.07. The van der Waals surface area contributed by atoms with Gasteiger partial charge in [0.05, 0.1) is 11.0 Å². The molecule has 4 nitrogen and oxygen atoms in total. The number of carbonyl (C=O) groups is 1. The number of hydrogen-bond acceptors (Lipinski definition) is 3. The normalized spacial score (nSPS) is 11.6. The highest BCUT2D eigenvalue weighted by Crippen LogP contribution is 2.36. The van der Waals surface area contributed by atoms with Gasteiger partial charge in [0.25, 0.3) is 5.91 Å². The number of aromatic nitrogens is 2. The molecule has 2 N–H and O–H groups in total. The minimum Gasteiger partial charge on any atom is -0.352 e. The third kappa shape index (κ3) is 4.76. The van der Waals surface area contributed by atoms with Crippen molar-refractivity contribution in [2.24, 2.45) is 0 Å². The summed E-state index contributed by atoms with van der Waals surface area (Å²) in [6.07, 6.45) is 0.530. The number of fused-ring (bicyclic) bond motifs is 1. The van der Waals surface area contributed by atoms with Gasteiger partial charge in [0.2, 0.25) is 0 Å². The van der Waals surface area contributed by atoms with E-state index in [0.29, 0.717) is 18.5 Å². The molecular formula is C17H14F3N3OS. The van der Waals surface area contributed by atoms with Crippen molar-refractivity contribution in [2.45, 2.75) is 16.8 Å². The van der Waals surface area contributed by atoms with E-state index in [0.717, 1.165) is 16.9 Å². The molecule has 0 aliphatic rings. The van der Waals surface area contributed by atoms with E-state index in [9.17, 15) is 18.0 Å². The molecule has 0 saturated carbocycles. The maximum absolute atomic E-state index is 12.3. The maximum atomic E-state index is 12.3. The molecule has 1 aromatic heterocycles. The Labute approximate surface area is 145 Å². The summed E-state index contributed by atoms with van der Waals surface area (Å²) in [7, 11) is 0. The number of amides is 1.